The van der Waals surface area contributed by atoms with Gasteiger partial charge in [-0.1, -0.05) is 47.5 Å². The predicted molar refractivity (Wildman–Crippen MR) is 80.3 cm³/mol. The van der Waals surface area contributed by atoms with Gasteiger partial charge in [0.1, 0.15) is 11.4 Å². The molecule has 0 N–H and O–H groups in total. The Hall–Kier alpha value is -2.00. The van der Waals surface area contributed by atoms with Crippen molar-refractivity contribution in [1.29, 1.82) is 0 Å². The van der Waals surface area contributed by atoms with Crippen molar-refractivity contribution in [3.8, 4) is 22.5 Å². The van der Waals surface area contributed by atoms with E-state index in [1.807, 2.05) is 0 Å². The van der Waals surface area contributed by atoms with E-state index in [1.54, 1.807) is 0 Å². The van der Waals surface area contributed by atoms with Gasteiger partial charge in [-0.15, -0.1) is 0 Å². The summed E-state index contributed by atoms with van der Waals surface area (Å²) in [4.78, 5) is 0. The first-order valence-electron chi connectivity index (χ1n) is 6.21. The molecule has 0 atom stereocenters. The van der Waals surface area contributed by atoms with Crippen molar-refractivity contribution >= 4 is 11.7 Å². The third kappa shape index (κ3) is 2.42. The summed E-state index contributed by atoms with van der Waals surface area (Å²) >= 11 is 1.27. The first-order chi connectivity index (χ1) is 9.24. The van der Waals surface area contributed by atoms with Crippen molar-refractivity contribution < 1.29 is 0 Å². The molecule has 94 valence electrons. The predicted octanol–water partition coefficient (Wildman–Crippen LogP) is 4.49. The second-order valence-corrected chi connectivity index (χ2v) is 5.23. The monoisotopic (exact) mass is 266 g/mol. The zero-order chi connectivity index (χ0) is 13.2. The van der Waals surface area contributed by atoms with Crippen molar-refractivity contribution in [3.05, 3.63) is 59.7 Å². The van der Waals surface area contributed by atoms with Gasteiger partial charge in [-0.2, -0.15) is 8.75 Å². The molecular formula is C16H14N2S. The van der Waals surface area contributed by atoms with Gasteiger partial charge in [0, 0.05) is 11.1 Å². The zero-order valence-corrected chi connectivity index (χ0v) is 11.7. The third-order valence-electron chi connectivity index (χ3n) is 3.07. The maximum atomic E-state index is 4.46. The summed E-state index contributed by atoms with van der Waals surface area (Å²) in [6, 6.07) is 16.8. The summed E-state index contributed by atoms with van der Waals surface area (Å²) in [5.41, 5.74) is 6.68. The Bertz CT molecular complexity index is 656. The van der Waals surface area contributed by atoms with Crippen LogP contribution in [0.25, 0.3) is 22.5 Å². The molecule has 0 aliphatic heterocycles. The maximum Gasteiger partial charge on any atom is 0.112 e. The Morgan fingerprint density at radius 2 is 1.21 bits per heavy atom. The highest BCUT2D eigenvalue weighted by atomic mass is 32.1. The van der Waals surface area contributed by atoms with E-state index in [0.29, 0.717) is 0 Å². The number of aromatic nitrogens is 2. The van der Waals surface area contributed by atoms with Crippen LogP contribution in [0.5, 0.6) is 0 Å². The number of hydrogen-bond donors (Lipinski definition) is 0. The normalized spacial score (nSPS) is 10.6. The molecule has 0 aliphatic rings. The lowest BCUT2D eigenvalue weighted by Crippen LogP contribution is -1.85. The summed E-state index contributed by atoms with van der Waals surface area (Å²) in [6.45, 7) is 4.19. The van der Waals surface area contributed by atoms with Crippen molar-refractivity contribution in [2.24, 2.45) is 0 Å². The molecule has 2 nitrogen and oxygen atoms in total. The van der Waals surface area contributed by atoms with E-state index >= 15 is 0 Å². The molecular weight excluding hydrogens is 252 g/mol. The SMILES string of the molecule is Cc1cccc(-c2nsnc2-c2cccc(C)c2)c1. The average molecular weight is 266 g/mol. The lowest BCUT2D eigenvalue weighted by molar-refractivity contribution is 1.41. The highest BCUT2D eigenvalue weighted by Crippen LogP contribution is 2.30. The molecule has 0 aliphatic carbocycles. The average Bonchev–Trinajstić information content (AvgIpc) is 2.88. The molecule has 1 heterocycles. The Balaban J connectivity index is 2.13. The van der Waals surface area contributed by atoms with Crippen molar-refractivity contribution in [2.45, 2.75) is 13.8 Å². The van der Waals surface area contributed by atoms with E-state index in [4.69, 9.17) is 0 Å². The fourth-order valence-corrected chi connectivity index (χ4v) is 2.74. The fraction of sp³-hybridized carbons (Fsp3) is 0.125. The summed E-state index contributed by atoms with van der Waals surface area (Å²) in [5, 5.41) is 0. The Kier molecular flexibility index (Phi) is 3.13. The van der Waals surface area contributed by atoms with Crippen LogP contribution in [0.15, 0.2) is 48.5 Å². The summed E-state index contributed by atoms with van der Waals surface area (Å²) in [6.07, 6.45) is 0. The fourth-order valence-electron chi connectivity index (χ4n) is 2.15. The van der Waals surface area contributed by atoms with Crippen LogP contribution in [-0.2, 0) is 0 Å². The van der Waals surface area contributed by atoms with Crippen LogP contribution in [0.3, 0.4) is 0 Å². The molecule has 0 saturated heterocycles. The largest absolute Gasteiger partial charge is 0.172 e. The van der Waals surface area contributed by atoms with Gasteiger partial charge in [-0.25, -0.2) is 0 Å². The first-order valence-corrected chi connectivity index (χ1v) is 6.94. The molecule has 2 aromatic carbocycles. The molecule has 0 spiro atoms. The van der Waals surface area contributed by atoms with Crippen LogP contribution in [-0.4, -0.2) is 8.75 Å². The molecule has 3 aromatic rings. The van der Waals surface area contributed by atoms with E-state index in [1.165, 1.54) is 22.9 Å². The van der Waals surface area contributed by atoms with Gasteiger partial charge in [0.15, 0.2) is 0 Å². The van der Waals surface area contributed by atoms with E-state index in [9.17, 15) is 0 Å². The van der Waals surface area contributed by atoms with Crippen molar-refractivity contribution in [1.82, 2.24) is 8.75 Å². The Morgan fingerprint density at radius 1 is 0.737 bits per heavy atom. The minimum Gasteiger partial charge on any atom is -0.172 e. The van der Waals surface area contributed by atoms with Gasteiger partial charge in [0.05, 0.1) is 11.7 Å². The number of benzene rings is 2. The van der Waals surface area contributed by atoms with E-state index in [2.05, 4.69) is 71.1 Å². The summed E-state index contributed by atoms with van der Waals surface area (Å²) < 4.78 is 8.93. The molecule has 0 radical (unpaired) electrons. The van der Waals surface area contributed by atoms with Gasteiger partial charge in [-0.05, 0) is 26.0 Å². The number of nitrogens with zero attached hydrogens (tertiary/aromatic N) is 2. The van der Waals surface area contributed by atoms with Gasteiger partial charge < -0.3 is 0 Å². The molecule has 0 bridgehead atoms. The highest BCUT2D eigenvalue weighted by molar-refractivity contribution is 6.99. The molecule has 0 amide bonds. The van der Waals surface area contributed by atoms with Gasteiger partial charge in [0.2, 0.25) is 0 Å². The second-order valence-electron chi connectivity index (χ2n) is 4.70. The Morgan fingerprint density at radius 3 is 1.63 bits per heavy atom. The summed E-state index contributed by atoms with van der Waals surface area (Å²) in [7, 11) is 0. The van der Waals surface area contributed by atoms with Crippen LogP contribution in [0.1, 0.15) is 11.1 Å². The smallest absolute Gasteiger partial charge is 0.112 e. The van der Waals surface area contributed by atoms with Gasteiger partial charge >= 0.3 is 0 Å². The van der Waals surface area contributed by atoms with Gasteiger partial charge in [0.25, 0.3) is 0 Å². The molecule has 3 heteroatoms. The van der Waals surface area contributed by atoms with Crippen LogP contribution in [0.2, 0.25) is 0 Å². The maximum absolute atomic E-state index is 4.46. The second kappa shape index (κ2) is 4.94. The highest BCUT2D eigenvalue weighted by Gasteiger charge is 2.12. The molecule has 0 unspecified atom stereocenters. The number of aryl methyl sites for hydroxylation is 2. The van der Waals surface area contributed by atoms with Gasteiger partial charge in [-0.3, -0.25) is 0 Å². The van der Waals surface area contributed by atoms with E-state index < -0.39 is 0 Å². The molecule has 1 aromatic heterocycles. The molecule has 0 fully saturated rings. The van der Waals surface area contributed by atoms with Crippen LogP contribution in [0.4, 0.5) is 0 Å². The quantitative estimate of drug-likeness (QED) is 0.683. The minimum atomic E-state index is 0.972. The lowest BCUT2D eigenvalue weighted by atomic mass is 10.0. The topological polar surface area (TPSA) is 25.8 Å². The number of rotatable bonds is 2. The molecule has 19 heavy (non-hydrogen) atoms. The van der Waals surface area contributed by atoms with Crippen LogP contribution >= 0.6 is 11.7 Å². The summed E-state index contributed by atoms with van der Waals surface area (Å²) in [5.74, 6) is 0. The molecule has 3 rings (SSSR count). The number of hydrogen-bond acceptors (Lipinski definition) is 3. The zero-order valence-electron chi connectivity index (χ0n) is 10.9. The van der Waals surface area contributed by atoms with Crippen molar-refractivity contribution in [2.75, 3.05) is 0 Å². The molecule has 0 saturated carbocycles. The van der Waals surface area contributed by atoms with E-state index in [-0.39, 0.29) is 0 Å². The minimum absolute atomic E-state index is 0.972. The third-order valence-corrected chi connectivity index (χ3v) is 3.60. The van der Waals surface area contributed by atoms with E-state index in [0.717, 1.165) is 22.5 Å². The Labute approximate surface area is 117 Å². The van der Waals surface area contributed by atoms with Crippen molar-refractivity contribution in [3.63, 3.8) is 0 Å². The van der Waals surface area contributed by atoms with Crippen LogP contribution < -0.4 is 0 Å². The van der Waals surface area contributed by atoms with Crippen LogP contribution in [0, 0.1) is 13.8 Å². The standard InChI is InChI=1S/C16H14N2S/c1-11-5-3-7-13(9-11)15-16(18-19-17-15)14-8-4-6-12(2)10-14/h3-10H,1-2H3. The first kappa shape index (κ1) is 12.1. The lowest BCUT2D eigenvalue weighted by Gasteiger charge is -2.03.